The van der Waals surface area contributed by atoms with Gasteiger partial charge in [0.1, 0.15) is 5.60 Å². The third-order valence-corrected chi connectivity index (χ3v) is 3.58. The Bertz CT molecular complexity index is 473. The van der Waals surface area contributed by atoms with E-state index in [-0.39, 0.29) is 12.1 Å². The molecule has 0 spiro atoms. The second kappa shape index (κ2) is 8.84. The normalized spacial score (nSPS) is 14.4. The number of carbonyl (C=O) groups is 1. The Kier molecular flexibility index (Phi) is 7.45. The maximum atomic E-state index is 11.9. The Morgan fingerprint density at radius 2 is 2.13 bits per heavy atom. The van der Waals surface area contributed by atoms with Crippen molar-refractivity contribution in [1.29, 1.82) is 0 Å². The maximum absolute atomic E-state index is 11.9. The number of hydrogen-bond acceptors (Lipinski definition) is 5. The van der Waals surface area contributed by atoms with Crippen molar-refractivity contribution >= 4 is 6.09 Å². The van der Waals surface area contributed by atoms with Gasteiger partial charge in [-0.1, -0.05) is 6.07 Å². The van der Waals surface area contributed by atoms with Gasteiger partial charge in [0, 0.05) is 43.5 Å². The molecule has 1 amide bonds. The molecule has 1 aromatic heterocycles. The minimum absolute atomic E-state index is 0.0335. The van der Waals surface area contributed by atoms with Crippen molar-refractivity contribution in [3.05, 3.63) is 30.1 Å². The largest absolute Gasteiger partial charge is 0.444 e. The molecule has 2 atom stereocenters. The van der Waals surface area contributed by atoms with Crippen molar-refractivity contribution in [2.75, 3.05) is 20.1 Å². The minimum atomic E-state index is -0.507. The lowest BCUT2D eigenvalue weighted by molar-refractivity contribution is 0.0478. The van der Waals surface area contributed by atoms with E-state index in [0.717, 1.165) is 18.7 Å². The van der Waals surface area contributed by atoms with Gasteiger partial charge in [-0.3, -0.25) is 9.88 Å². The molecule has 3 N–H and O–H groups in total. The van der Waals surface area contributed by atoms with Crippen LogP contribution in [-0.2, 0) is 11.2 Å². The zero-order chi connectivity index (χ0) is 17.5. The molecule has 0 fully saturated rings. The van der Waals surface area contributed by atoms with Crippen LogP contribution in [-0.4, -0.2) is 53.8 Å². The lowest BCUT2D eigenvalue weighted by atomic mass is 10.1. The van der Waals surface area contributed by atoms with E-state index in [9.17, 15) is 4.79 Å². The third kappa shape index (κ3) is 7.43. The summed E-state index contributed by atoms with van der Waals surface area (Å²) in [4.78, 5) is 18.4. The van der Waals surface area contributed by atoms with Crippen molar-refractivity contribution in [1.82, 2.24) is 15.2 Å². The van der Waals surface area contributed by atoms with Crippen LogP contribution in [0.2, 0.25) is 0 Å². The van der Waals surface area contributed by atoms with E-state index in [1.165, 1.54) is 0 Å². The van der Waals surface area contributed by atoms with Gasteiger partial charge in [0.05, 0.1) is 0 Å². The molecule has 1 rings (SSSR count). The number of carbonyl (C=O) groups excluding carboxylic acids is 1. The summed E-state index contributed by atoms with van der Waals surface area (Å²) in [6.07, 6.45) is 2.22. The van der Waals surface area contributed by atoms with Gasteiger partial charge in [-0.2, -0.15) is 0 Å². The highest BCUT2D eigenvalue weighted by atomic mass is 16.6. The first-order valence-electron chi connectivity index (χ1n) is 8.02. The third-order valence-electron chi connectivity index (χ3n) is 3.58. The highest BCUT2D eigenvalue weighted by Gasteiger charge is 2.24. The fraction of sp³-hybridized carbons (Fsp3) is 0.647. The first kappa shape index (κ1) is 19.4. The second-order valence-electron chi connectivity index (χ2n) is 6.79. The van der Waals surface area contributed by atoms with Crippen molar-refractivity contribution in [2.45, 2.75) is 51.8 Å². The fourth-order valence-corrected chi connectivity index (χ4v) is 2.36. The van der Waals surface area contributed by atoms with Crippen LogP contribution in [0.4, 0.5) is 4.79 Å². The van der Waals surface area contributed by atoms with Crippen molar-refractivity contribution < 1.29 is 9.53 Å². The number of nitrogens with one attached hydrogen (secondary N) is 1. The number of pyridine rings is 1. The monoisotopic (exact) mass is 322 g/mol. The fourth-order valence-electron chi connectivity index (χ4n) is 2.36. The van der Waals surface area contributed by atoms with Crippen LogP contribution in [0.25, 0.3) is 0 Å². The Balaban J connectivity index is 2.51. The predicted octanol–water partition coefficient (Wildman–Crippen LogP) is 1.80. The molecule has 6 heteroatoms. The number of alkyl carbamates (subject to hydrolysis) is 1. The molecule has 0 aromatic carbocycles. The summed E-state index contributed by atoms with van der Waals surface area (Å²) < 4.78 is 5.29. The topological polar surface area (TPSA) is 80.5 Å². The first-order chi connectivity index (χ1) is 10.7. The summed E-state index contributed by atoms with van der Waals surface area (Å²) in [6, 6.07) is 5.82. The number of nitrogens with zero attached hydrogens (tertiary/aromatic N) is 2. The van der Waals surface area contributed by atoms with E-state index in [4.69, 9.17) is 10.5 Å². The molecule has 1 aromatic rings. The Morgan fingerprint density at radius 1 is 1.43 bits per heavy atom. The van der Waals surface area contributed by atoms with E-state index in [1.807, 2.05) is 52.9 Å². The summed E-state index contributed by atoms with van der Waals surface area (Å²) in [5.41, 5.74) is 6.43. The molecular weight excluding hydrogens is 292 g/mol. The van der Waals surface area contributed by atoms with E-state index in [2.05, 4.69) is 15.2 Å². The van der Waals surface area contributed by atoms with E-state index < -0.39 is 11.7 Å². The van der Waals surface area contributed by atoms with Gasteiger partial charge >= 0.3 is 6.09 Å². The average molecular weight is 322 g/mol. The molecule has 23 heavy (non-hydrogen) atoms. The van der Waals surface area contributed by atoms with Gasteiger partial charge in [-0.15, -0.1) is 0 Å². The SMILES string of the molecule is CC(NC(=O)OC(C)(C)C)C(CN)N(C)CCc1ccccn1. The number of nitrogens with two attached hydrogens (primary N) is 1. The summed E-state index contributed by atoms with van der Waals surface area (Å²) in [6.45, 7) is 8.75. The zero-order valence-corrected chi connectivity index (χ0v) is 14.9. The summed E-state index contributed by atoms with van der Waals surface area (Å²) in [5.74, 6) is 0. The van der Waals surface area contributed by atoms with E-state index in [1.54, 1.807) is 6.20 Å². The van der Waals surface area contributed by atoms with Gasteiger partial charge in [-0.25, -0.2) is 4.79 Å². The molecule has 0 radical (unpaired) electrons. The Hall–Kier alpha value is -1.66. The Morgan fingerprint density at radius 3 is 2.65 bits per heavy atom. The van der Waals surface area contributed by atoms with Crippen molar-refractivity contribution in [3.63, 3.8) is 0 Å². The summed E-state index contributed by atoms with van der Waals surface area (Å²) in [5, 5.41) is 2.87. The van der Waals surface area contributed by atoms with E-state index >= 15 is 0 Å². The van der Waals surface area contributed by atoms with Crippen LogP contribution in [0.1, 0.15) is 33.4 Å². The minimum Gasteiger partial charge on any atom is -0.444 e. The van der Waals surface area contributed by atoms with Crippen LogP contribution in [0.5, 0.6) is 0 Å². The molecule has 6 nitrogen and oxygen atoms in total. The Labute approximate surface area is 139 Å². The lowest BCUT2D eigenvalue weighted by Crippen LogP contribution is -2.53. The molecule has 1 heterocycles. The van der Waals surface area contributed by atoms with Crippen LogP contribution < -0.4 is 11.1 Å². The number of likely N-dealkylation sites (N-methyl/N-ethyl adjacent to an activating group) is 1. The van der Waals surface area contributed by atoms with Gasteiger partial charge in [0.25, 0.3) is 0 Å². The quantitative estimate of drug-likeness (QED) is 0.800. The molecule has 130 valence electrons. The summed E-state index contributed by atoms with van der Waals surface area (Å²) >= 11 is 0. The first-order valence-corrected chi connectivity index (χ1v) is 8.02. The second-order valence-corrected chi connectivity index (χ2v) is 6.79. The smallest absolute Gasteiger partial charge is 0.407 e. The maximum Gasteiger partial charge on any atom is 0.407 e. The molecule has 2 unspecified atom stereocenters. The van der Waals surface area contributed by atoms with Gasteiger partial charge in [-0.05, 0) is 46.9 Å². The average Bonchev–Trinajstić information content (AvgIpc) is 2.44. The number of hydrogen-bond donors (Lipinski definition) is 2. The van der Waals surface area contributed by atoms with Gasteiger partial charge in [0.15, 0.2) is 0 Å². The van der Waals surface area contributed by atoms with Crippen molar-refractivity contribution in [2.24, 2.45) is 5.73 Å². The summed E-state index contributed by atoms with van der Waals surface area (Å²) in [7, 11) is 2.01. The molecule has 0 saturated carbocycles. The van der Waals surface area contributed by atoms with Gasteiger partial charge < -0.3 is 15.8 Å². The molecule has 0 aliphatic heterocycles. The molecule has 0 saturated heterocycles. The lowest BCUT2D eigenvalue weighted by Gasteiger charge is -2.32. The van der Waals surface area contributed by atoms with Crippen LogP contribution >= 0.6 is 0 Å². The number of amides is 1. The van der Waals surface area contributed by atoms with Gasteiger partial charge in [0.2, 0.25) is 0 Å². The standard InChI is InChI=1S/C17H30N4O2/c1-13(20-16(22)23-17(2,3)4)15(12-18)21(5)11-9-14-8-6-7-10-19-14/h6-8,10,13,15H,9,11-12,18H2,1-5H3,(H,20,22). The molecule has 0 aliphatic rings. The number of aromatic nitrogens is 1. The van der Waals surface area contributed by atoms with Crippen LogP contribution in [0.15, 0.2) is 24.4 Å². The molecule has 0 aliphatic carbocycles. The van der Waals surface area contributed by atoms with E-state index in [0.29, 0.717) is 6.54 Å². The van der Waals surface area contributed by atoms with Crippen LogP contribution in [0.3, 0.4) is 0 Å². The highest BCUT2D eigenvalue weighted by molar-refractivity contribution is 5.68. The molecule has 0 bridgehead atoms. The number of rotatable bonds is 7. The number of ether oxygens (including phenoxy) is 1. The van der Waals surface area contributed by atoms with Crippen molar-refractivity contribution in [3.8, 4) is 0 Å². The predicted molar refractivity (Wildman–Crippen MR) is 92.2 cm³/mol. The zero-order valence-electron chi connectivity index (χ0n) is 14.9. The molecular formula is C17H30N4O2. The highest BCUT2D eigenvalue weighted by Crippen LogP contribution is 2.09. The van der Waals surface area contributed by atoms with Crippen LogP contribution in [0, 0.1) is 0 Å².